The second kappa shape index (κ2) is 8.04. The molecule has 0 saturated carbocycles. The summed E-state index contributed by atoms with van der Waals surface area (Å²) >= 11 is 0. The van der Waals surface area contributed by atoms with Crippen molar-refractivity contribution in [2.75, 3.05) is 39.9 Å². The highest BCUT2D eigenvalue weighted by Gasteiger charge is 2.26. The summed E-state index contributed by atoms with van der Waals surface area (Å²) in [5.41, 5.74) is 0. The standard InChI is InChI=1S/C13H28N2O/c1-4-7-14-9-13(5-2)15-8-6-12(10-15)11-16-3/h12-14H,4-11H2,1-3H3. The summed E-state index contributed by atoms with van der Waals surface area (Å²) in [7, 11) is 1.81. The fourth-order valence-electron chi connectivity index (χ4n) is 2.54. The van der Waals surface area contributed by atoms with Gasteiger partial charge < -0.3 is 10.1 Å². The molecule has 0 bridgehead atoms. The number of nitrogens with zero attached hydrogens (tertiary/aromatic N) is 1. The molecule has 2 atom stereocenters. The van der Waals surface area contributed by atoms with Crippen molar-refractivity contribution < 1.29 is 4.74 Å². The highest BCUT2D eigenvalue weighted by Crippen LogP contribution is 2.19. The zero-order valence-corrected chi connectivity index (χ0v) is 11.2. The molecule has 1 fully saturated rings. The Morgan fingerprint density at radius 3 is 2.88 bits per heavy atom. The molecule has 0 spiro atoms. The maximum Gasteiger partial charge on any atom is 0.0503 e. The molecule has 0 aromatic carbocycles. The average Bonchev–Trinajstić information content (AvgIpc) is 2.74. The van der Waals surface area contributed by atoms with Gasteiger partial charge in [-0.05, 0) is 38.3 Å². The van der Waals surface area contributed by atoms with Gasteiger partial charge in [0, 0.05) is 26.2 Å². The zero-order chi connectivity index (χ0) is 11.8. The molecule has 16 heavy (non-hydrogen) atoms. The molecule has 2 unspecified atom stereocenters. The first-order valence-electron chi connectivity index (χ1n) is 6.75. The van der Waals surface area contributed by atoms with Gasteiger partial charge in [0.2, 0.25) is 0 Å². The van der Waals surface area contributed by atoms with Gasteiger partial charge in [-0.25, -0.2) is 0 Å². The molecule has 1 N–H and O–H groups in total. The van der Waals surface area contributed by atoms with Crippen LogP contribution < -0.4 is 5.32 Å². The number of nitrogens with one attached hydrogen (secondary N) is 1. The Morgan fingerprint density at radius 2 is 2.25 bits per heavy atom. The van der Waals surface area contributed by atoms with Crippen LogP contribution in [-0.2, 0) is 4.74 Å². The van der Waals surface area contributed by atoms with Gasteiger partial charge >= 0.3 is 0 Å². The molecule has 0 aromatic heterocycles. The smallest absolute Gasteiger partial charge is 0.0503 e. The second-order valence-electron chi connectivity index (χ2n) is 4.87. The first-order chi connectivity index (χ1) is 7.81. The molecule has 1 saturated heterocycles. The lowest BCUT2D eigenvalue weighted by molar-refractivity contribution is 0.145. The van der Waals surface area contributed by atoms with E-state index in [2.05, 4.69) is 24.1 Å². The van der Waals surface area contributed by atoms with E-state index in [9.17, 15) is 0 Å². The Morgan fingerprint density at radius 1 is 1.44 bits per heavy atom. The lowest BCUT2D eigenvalue weighted by atomic mass is 10.1. The van der Waals surface area contributed by atoms with Crippen molar-refractivity contribution in [2.45, 2.75) is 39.2 Å². The van der Waals surface area contributed by atoms with E-state index in [0.29, 0.717) is 6.04 Å². The Kier molecular flexibility index (Phi) is 7.01. The normalized spacial score (nSPS) is 23.8. The molecule has 3 heteroatoms. The molecule has 0 aromatic rings. The zero-order valence-electron chi connectivity index (χ0n) is 11.2. The van der Waals surface area contributed by atoms with Crippen LogP contribution in [0.1, 0.15) is 33.1 Å². The van der Waals surface area contributed by atoms with Crippen LogP contribution >= 0.6 is 0 Å². The molecule has 1 heterocycles. The van der Waals surface area contributed by atoms with Crippen molar-refractivity contribution in [1.82, 2.24) is 10.2 Å². The maximum absolute atomic E-state index is 5.24. The minimum Gasteiger partial charge on any atom is -0.384 e. The van der Waals surface area contributed by atoms with E-state index >= 15 is 0 Å². The third kappa shape index (κ3) is 4.40. The fraction of sp³-hybridized carbons (Fsp3) is 1.00. The summed E-state index contributed by atoms with van der Waals surface area (Å²) < 4.78 is 5.24. The predicted octanol–water partition coefficient (Wildman–Crippen LogP) is 1.73. The summed E-state index contributed by atoms with van der Waals surface area (Å²) in [5, 5.41) is 3.54. The van der Waals surface area contributed by atoms with Crippen LogP contribution in [0.2, 0.25) is 0 Å². The molecule has 0 aliphatic carbocycles. The van der Waals surface area contributed by atoms with Crippen LogP contribution in [0, 0.1) is 5.92 Å². The lowest BCUT2D eigenvalue weighted by Crippen LogP contribution is -2.41. The summed E-state index contributed by atoms with van der Waals surface area (Å²) in [4.78, 5) is 2.63. The van der Waals surface area contributed by atoms with Crippen LogP contribution in [0.25, 0.3) is 0 Å². The van der Waals surface area contributed by atoms with Gasteiger partial charge in [0.15, 0.2) is 0 Å². The molecule has 0 radical (unpaired) electrons. The quantitative estimate of drug-likeness (QED) is 0.640. The van der Waals surface area contributed by atoms with Crippen molar-refractivity contribution in [1.29, 1.82) is 0 Å². The van der Waals surface area contributed by atoms with Crippen molar-refractivity contribution in [3.8, 4) is 0 Å². The van der Waals surface area contributed by atoms with Crippen LogP contribution in [0.5, 0.6) is 0 Å². The number of likely N-dealkylation sites (tertiary alicyclic amines) is 1. The number of hydrogen-bond acceptors (Lipinski definition) is 3. The second-order valence-corrected chi connectivity index (χ2v) is 4.87. The third-order valence-corrected chi connectivity index (χ3v) is 3.51. The summed E-state index contributed by atoms with van der Waals surface area (Å²) in [5.74, 6) is 0.755. The molecule has 96 valence electrons. The maximum atomic E-state index is 5.24. The molecule has 1 rings (SSSR count). The molecular weight excluding hydrogens is 200 g/mol. The van der Waals surface area contributed by atoms with E-state index in [1.165, 1.54) is 32.4 Å². The Labute approximate surface area is 101 Å². The molecular formula is C13H28N2O. The molecule has 1 aliphatic heterocycles. The van der Waals surface area contributed by atoms with Crippen molar-refractivity contribution >= 4 is 0 Å². The van der Waals surface area contributed by atoms with Gasteiger partial charge in [0.05, 0.1) is 6.61 Å². The first kappa shape index (κ1) is 13.9. The number of ether oxygens (including phenoxy) is 1. The Balaban J connectivity index is 2.25. The van der Waals surface area contributed by atoms with Gasteiger partial charge in [-0.15, -0.1) is 0 Å². The minimum atomic E-state index is 0.716. The van der Waals surface area contributed by atoms with E-state index in [4.69, 9.17) is 4.74 Å². The van der Waals surface area contributed by atoms with Crippen molar-refractivity contribution in [3.05, 3.63) is 0 Å². The lowest BCUT2D eigenvalue weighted by Gasteiger charge is -2.27. The Bertz CT molecular complexity index is 175. The SMILES string of the molecule is CCCNCC(CC)N1CCC(COC)C1. The Hall–Kier alpha value is -0.120. The van der Waals surface area contributed by atoms with Gasteiger partial charge in [0.1, 0.15) is 0 Å². The topological polar surface area (TPSA) is 24.5 Å². The third-order valence-electron chi connectivity index (χ3n) is 3.51. The number of methoxy groups -OCH3 is 1. The monoisotopic (exact) mass is 228 g/mol. The van der Waals surface area contributed by atoms with Crippen LogP contribution in [-0.4, -0.2) is 50.8 Å². The van der Waals surface area contributed by atoms with Crippen LogP contribution in [0.4, 0.5) is 0 Å². The van der Waals surface area contributed by atoms with Gasteiger partial charge in [-0.1, -0.05) is 13.8 Å². The van der Waals surface area contributed by atoms with E-state index in [-0.39, 0.29) is 0 Å². The molecule has 0 amide bonds. The van der Waals surface area contributed by atoms with Crippen LogP contribution in [0.3, 0.4) is 0 Å². The number of rotatable bonds is 8. The molecule has 1 aliphatic rings. The van der Waals surface area contributed by atoms with E-state index in [1.807, 2.05) is 7.11 Å². The minimum absolute atomic E-state index is 0.716. The predicted molar refractivity (Wildman–Crippen MR) is 68.8 cm³/mol. The largest absolute Gasteiger partial charge is 0.384 e. The summed E-state index contributed by atoms with van der Waals surface area (Å²) in [6.45, 7) is 10.2. The van der Waals surface area contributed by atoms with Crippen LogP contribution in [0.15, 0.2) is 0 Å². The van der Waals surface area contributed by atoms with Gasteiger partial charge in [-0.3, -0.25) is 4.90 Å². The number of hydrogen-bond donors (Lipinski definition) is 1. The summed E-state index contributed by atoms with van der Waals surface area (Å²) in [6.07, 6.45) is 3.78. The van der Waals surface area contributed by atoms with E-state index < -0.39 is 0 Å². The van der Waals surface area contributed by atoms with E-state index in [1.54, 1.807) is 0 Å². The van der Waals surface area contributed by atoms with E-state index in [0.717, 1.165) is 25.6 Å². The van der Waals surface area contributed by atoms with Gasteiger partial charge in [0.25, 0.3) is 0 Å². The summed E-state index contributed by atoms with van der Waals surface area (Å²) in [6, 6.07) is 0.716. The average molecular weight is 228 g/mol. The highest BCUT2D eigenvalue weighted by molar-refractivity contribution is 4.81. The van der Waals surface area contributed by atoms with Crippen molar-refractivity contribution in [2.24, 2.45) is 5.92 Å². The first-order valence-corrected chi connectivity index (χ1v) is 6.75. The molecule has 3 nitrogen and oxygen atoms in total. The van der Waals surface area contributed by atoms with Gasteiger partial charge in [-0.2, -0.15) is 0 Å². The van der Waals surface area contributed by atoms with Crippen molar-refractivity contribution in [3.63, 3.8) is 0 Å². The highest BCUT2D eigenvalue weighted by atomic mass is 16.5. The fourth-order valence-corrected chi connectivity index (χ4v) is 2.54.